The number of nitro groups is 1. The highest BCUT2D eigenvalue weighted by molar-refractivity contribution is 6.09. The largest absolute Gasteiger partial charge is 0.497 e. The van der Waals surface area contributed by atoms with E-state index in [9.17, 15) is 10.1 Å². The summed E-state index contributed by atoms with van der Waals surface area (Å²) in [4.78, 5) is 15.6. The fourth-order valence-electron chi connectivity index (χ4n) is 4.06. The van der Waals surface area contributed by atoms with Gasteiger partial charge >= 0.3 is 0 Å². The number of methoxy groups -OCH3 is 1. The van der Waals surface area contributed by atoms with E-state index in [0.29, 0.717) is 28.4 Å². The van der Waals surface area contributed by atoms with Crippen LogP contribution in [0.4, 0.5) is 5.69 Å². The van der Waals surface area contributed by atoms with Crippen LogP contribution in [0.1, 0.15) is 0 Å². The van der Waals surface area contributed by atoms with Crippen LogP contribution in [-0.4, -0.2) is 33.6 Å². The second kappa shape index (κ2) is 7.20. The Kier molecular flexibility index (Phi) is 4.16. The standard InChI is InChI=1S/C24H16N4O5/c1-31-17-7-5-14(6-8-17)23-19-12-25-20-11-22-21(32-13-33-22)10-18(20)24(19)27(26-23)15-3-2-4-16(9-15)28(29)30/h2-12H,13H2,1H3. The molecule has 3 aromatic carbocycles. The number of nitro benzene ring substituents is 1. The fraction of sp³-hybridized carbons (Fsp3) is 0.0833. The normalized spacial score (nSPS) is 12.4. The third-order valence-electron chi connectivity index (χ3n) is 5.65. The number of rotatable bonds is 4. The highest BCUT2D eigenvalue weighted by Crippen LogP contribution is 2.40. The van der Waals surface area contributed by atoms with Crippen LogP contribution in [0.3, 0.4) is 0 Å². The summed E-state index contributed by atoms with van der Waals surface area (Å²) in [5, 5.41) is 17.9. The summed E-state index contributed by atoms with van der Waals surface area (Å²) in [5.41, 5.74) is 3.60. The molecule has 0 bridgehead atoms. The van der Waals surface area contributed by atoms with Crippen LogP contribution in [0.15, 0.2) is 66.9 Å². The van der Waals surface area contributed by atoms with Gasteiger partial charge in [-0.3, -0.25) is 15.1 Å². The lowest BCUT2D eigenvalue weighted by Crippen LogP contribution is -1.99. The lowest BCUT2D eigenvalue weighted by atomic mass is 10.1. The Morgan fingerprint density at radius 1 is 1.03 bits per heavy atom. The van der Waals surface area contributed by atoms with E-state index in [1.165, 1.54) is 12.1 Å². The fourth-order valence-corrected chi connectivity index (χ4v) is 4.06. The van der Waals surface area contributed by atoms with Gasteiger partial charge in [0, 0.05) is 40.7 Å². The number of fused-ring (bicyclic) bond motifs is 4. The molecule has 0 aliphatic carbocycles. The molecule has 3 heterocycles. The molecule has 162 valence electrons. The number of hydrogen-bond acceptors (Lipinski definition) is 7. The minimum Gasteiger partial charge on any atom is -0.497 e. The van der Waals surface area contributed by atoms with Crippen molar-refractivity contribution in [2.75, 3.05) is 13.9 Å². The Morgan fingerprint density at radius 2 is 1.82 bits per heavy atom. The predicted octanol–water partition coefficient (Wildman–Crippen LogP) is 4.89. The Morgan fingerprint density at radius 3 is 2.58 bits per heavy atom. The number of pyridine rings is 1. The first-order valence-electron chi connectivity index (χ1n) is 10.1. The van der Waals surface area contributed by atoms with Gasteiger partial charge in [0.15, 0.2) is 11.5 Å². The molecule has 0 radical (unpaired) electrons. The van der Waals surface area contributed by atoms with Gasteiger partial charge in [0.25, 0.3) is 5.69 Å². The van der Waals surface area contributed by atoms with Gasteiger partial charge in [0.1, 0.15) is 11.4 Å². The molecule has 2 aromatic heterocycles. The molecule has 0 amide bonds. The number of hydrogen-bond donors (Lipinski definition) is 0. The summed E-state index contributed by atoms with van der Waals surface area (Å²) in [7, 11) is 1.61. The van der Waals surface area contributed by atoms with E-state index >= 15 is 0 Å². The third kappa shape index (κ3) is 3.01. The molecule has 0 atom stereocenters. The second-order valence-corrected chi connectivity index (χ2v) is 7.51. The maximum atomic E-state index is 11.4. The molecule has 1 aliphatic heterocycles. The first kappa shape index (κ1) is 19.1. The zero-order valence-corrected chi connectivity index (χ0v) is 17.4. The lowest BCUT2D eigenvalue weighted by molar-refractivity contribution is -0.384. The molecule has 9 nitrogen and oxygen atoms in total. The van der Waals surface area contributed by atoms with Crippen LogP contribution in [0.5, 0.6) is 17.2 Å². The monoisotopic (exact) mass is 440 g/mol. The molecule has 0 N–H and O–H groups in total. The molecular formula is C24H16N4O5. The number of benzene rings is 3. The van der Waals surface area contributed by atoms with Gasteiger partial charge in [-0.05, 0) is 36.4 Å². The number of non-ortho nitro benzene ring substituents is 1. The first-order chi connectivity index (χ1) is 16.1. The van der Waals surface area contributed by atoms with E-state index in [1.807, 2.05) is 36.4 Å². The molecular weight excluding hydrogens is 424 g/mol. The van der Waals surface area contributed by atoms with Gasteiger partial charge in [0.05, 0.1) is 28.8 Å². The average Bonchev–Trinajstić information content (AvgIpc) is 3.47. The average molecular weight is 440 g/mol. The van der Waals surface area contributed by atoms with Crippen LogP contribution in [0.25, 0.3) is 38.8 Å². The van der Waals surface area contributed by atoms with Crippen molar-refractivity contribution in [1.82, 2.24) is 14.8 Å². The van der Waals surface area contributed by atoms with Crippen molar-refractivity contribution in [2.45, 2.75) is 0 Å². The Bertz CT molecular complexity index is 1560. The molecule has 0 saturated carbocycles. The van der Waals surface area contributed by atoms with Gasteiger partial charge in [-0.1, -0.05) is 6.07 Å². The smallest absolute Gasteiger partial charge is 0.271 e. The number of ether oxygens (including phenoxy) is 3. The number of aromatic nitrogens is 3. The third-order valence-corrected chi connectivity index (χ3v) is 5.65. The van der Waals surface area contributed by atoms with E-state index in [1.54, 1.807) is 30.1 Å². The highest BCUT2D eigenvalue weighted by atomic mass is 16.7. The zero-order chi connectivity index (χ0) is 22.5. The van der Waals surface area contributed by atoms with E-state index in [2.05, 4.69) is 4.98 Å². The molecule has 0 spiro atoms. The van der Waals surface area contributed by atoms with Crippen molar-refractivity contribution >= 4 is 27.5 Å². The van der Waals surface area contributed by atoms with Crippen molar-refractivity contribution in [2.24, 2.45) is 0 Å². The van der Waals surface area contributed by atoms with E-state index in [-0.39, 0.29) is 12.5 Å². The van der Waals surface area contributed by atoms with Crippen LogP contribution in [0.2, 0.25) is 0 Å². The molecule has 0 saturated heterocycles. The summed E-state index contributed by atoms with van der Waals surface area (Å²) >= 11 is 0. The highest BCUT2D eigenvalue weighted by Gasteiger charge is 2.22. The van der Waals surface area contributed by atoms with Crippen molar-refractivity contribution < 1.29 is 19.1 Å². The molecule has 1 aliphatic rings. The molecule has 0 unspecified atom stereocenters. The van der Waals surface area contributed by atoms with E-state index in [0.717, 1.165) is 27.6 Å². The summed E-state index contributed by atoms with van der Waals surface area (Å²) in [5.74, 6) is 1.98. The minimum atomic E-state index is -0.419. The molecule has 9 heteroatoms. The van der Waals surface area contributed by atoms with Gasteiger partial charge in [-0.2, -0.15) is 5.10 Å². The van der Waals surface area contributed by atoms with Gasteiger partial charge < -0.3 is 14.2 Å². The van der Waals surface area contributed by atoms with Gasteiger partial charge in [0.2, 0.25) is 6.79 Å². The zero-order valence-electron chi connectivity index (χ0n) is 17.4. The lowest BCUT2D eigenvalue weighted by Gasteiger charge is -2.07. The summed E-state index contributed by atoms with van der Waals surface area (Å²) in [6.45, 7) is 0.149. The molecule has 0 fully saturated rings. The first-order valence-corrected chi connectivity index (χ1v) is 10.1. The molecule has 6 rings (SSSR count). The number of nitrogens with zero attached hydrogens (tertiary/aromatic N) is 4. The van der Waals surface area contributed by atoms with E-state index < -0.39 is 4.92 Å². The van der Waals surface area contributed by atoms with Crippen LogP contribution in [0, 0.1) is 10.1 Å². The Balaban J connectivity index is 1.68. The topological polar surface area (TPSA) is 102 Å². The van der Waals surface area contributed by atoms with Gasteiger partial charge in [-0.25, -0.2) is 4.68 Å². The van der Waals surface area contributed by atoms with E-state index in [4.69, 9.17) is 19.3 Å². The summed E-state index contributed by atoms with van der Waals surface area (Å²) < 4.78 is 18.1. The SMILES string of the molecule is COc1ccc(-c2nn(-c3cccc([N+](=O)[O-])c3)c3c2cnc2cc4c(cc23)OCO4)cc1. The summed E-state index contributed by atoms with van der Waals surface area (Å²) in [6.07, 6.45) is 1.76. The van der Waals surface area contributed by atoms with Gasteiger partial charge in [-0.15, -0.1) is 0 Å². The minimum absolute atomic E-state index is 0.0156. The quantitative estimate of drug-likeness (QED) is 0.290. The summed E-state index contributed by atoms with van der Waals surface area (Å²) in [6, 6.07) is 17.7. The predicted molar refractivity (Wildman–Crippen MR) is 121 cm³/mol. The molecule has 33 heavy (non-hydrogen) atoms. The van der Waals surface area contributed by atoms with Crippen molar-refractivity contribution in [3.05, 3.63) is 77.0 Å². The van der Waals surface area contributed by atoms with Crippen molar-refractivity contribution in [3.8, 4) is 34.2 Å². The van der Waals surface area contributed by atoms with Crippen LogP contribution in [-0.2, 0) is 0 Å². The van der Waals surface area contributed by atoms with Crippen LogP contribution >= 0.6 is 0 Å². The Labute approximate surface area is 186 Å². The van der Waals surface area contributed by atoms with Crippen molar-refractivity contribution in [3.63, 3.8) is 0 Å². The maximum absolute atomic E-state index is 11.4. The van der Waals surface area contributed by atoms with Crippen molar-refractivity contribution in [1.29, 1.82) is 0 Å². The Hall–Kier alpha value is -4.66. The maximum Gasteiger partial charge on any atom is 0.271 e. The molecule has 5 aromatic rings. The van der Waals surface area contributed by atoms with Crippen LogP contribution < -0.4 is 14.2 Å². The second-order valence-electron chi connectivity index (χ2n) is 7.51.